The minimum absolute atomic E-state index is 0.0690. The second-order valence-corrected chi connectivity index (χ2v) is 14.0. The van der Waals surface area contributed by atoms with Crippen molar-refractivity contribution in [2.24, 2.45) is 0 Å². The highest BCUT2D eigenvalue weighted by Crippen LogP contribution is 2.11. The molecule has 0 atom stereocenters. The molecule has 0 fully saturated rings. The molecule has 296 valence electrons. The van der Waals surface area contributed by atoms with Crippen molar-refractivity contribution in [1.29, 1.82) is 0 Å². The van der Waals surface area contributed by atoms with Crippen LogP contribution in [0.25, 0.3) is 0 Å². The summed E-state index contributed by atoms with van der Waals surface area (Å²) in [6, 6.07) is 0. The van der Waals surface area contributed by atoms with Crippen molar-refractivity contribution in [3.8, 4) is 0 Å². The van der Waals surface area contributed by atoms with Gasteiger partial charge < -0.3 is 29.0 Å². The highest BCUT2D eigenvalue weighted by Gasteiger charge is 2.16. The van der Waals surface area contributed by atoms with Crippen molar-refractivity contribution in [1.82, 2.24) is 4.90 Å². The Labute approximate surface area is 307 Å². The van der Waals surface area contributed by atoms with Crippen LogP contribution < -0.4 is 0 Å². The van der Waals surface area contributed by atoms with E-state index in [4.69, 9.17) is 18.9 Å². The number of esters is 3. The van der Waals surface area contributed by atoms with Crippen LogP contribution in [0.1, 0.15) is 188 Å². The molecule has 0 rings (SSSR count). The third-order valence-electron chi connectivity index (χ3n) is 9.08. The van der Waals surface area contributed by atoms with Crippen LogP contribution >= 0.6 is 0 Å². The molecular formula is C41H79NO8. The minimum atomic E-state index is -0.505. The molecule has 9 nitrogen and oxygen atoms in total. The van der Waals surface area contributed by atoms with Gasteiger partial charge in [-0.2, -0.15) is 0 Å². The zero-order chi connectivity index (χ0) is 36.8. The van der Waals surface area contributed by atoms with Gasteiger partial charge in [0.25, 0.3) is 0 Å². The number of aliphatic hydroxyl groups is 1. The van der Waals surface area contributed by atoms with E-state index in [1.807, 2.05) is 0 Å². The van der Waals surface area contributed by atoms with Crippen LogP contribution in [-0.4, -0.2) is 86.7 Å². The molecule has 0 aromatic rings. The molecular weight excluding hydrogens is 634 g/mol. The number of rotatable bonds is 39. The number of ether oxygens (including phenoxy) is 4. The summed E-state index contributed by atoms with van der Waals surface area (Å²) in [7, 11) is 0. The maximum absolute atomic E-state index is 12.3. The molecule has 0 heterocycles. The first-order valence-electron chi connectivity index (χ1n) is 20.9. The number of carbonyl (C=O) groups is 3. The van der Waals surface area contributed by atoms with E-state index < -0.39 is 6.10 Å². The Morgan fingerprint density at radius 1 is 0.460 bits per heavy atom. The Bertz CT molecular complexity index is 735. The van der Waals surface area contributed by atoms with Crippen LogP contribution in [0, 0.1) is 0 Å². The fourth-order valence-corrected chi connectivity index (χ4v) is 5.87. The second kappa shape index (κ2) is 38.5. The summed E-state index contributed by atoms with van der Waals surface area (Å²) in [4.78, 5) is 38.9. The maximum Gasteiger partial charge on any atom is 0.305 e. The van der Waals surface area contributed by atoms with Crippen molar-refractivity contribution < 1.29 is 38.4 Å². The molecule has 0 saturated heterocycles. The van der Waals surface area contributed by atoms with Gasteiger partial charge in [-0.05, 0) is 45.1 Å². The summed E-state index contributed by atoms with van der Waals surface area (Å²) >= 11 is 0. The molecule has 50 heavy (non-hydrogen) atoms. The lowest BCUT2D eigenvalue weighted by Gasteiger charge is -2.22. The second-order valence-electron chi connectivity index (χ2n) is 14.0. The Hall–Kier alpha value is -1.71. The Balaban J connectivity index is 4.32. The zero-order valence-electron chi connectivity index (χ0n) is 32.9. The average Bonchev–Trinajstić information content (AvgIpc) is 3.11. The van der Waals surface area contributed by atoms with Gasteiger partial charge in [0.2, 0.25) is 0 Å². The molecule has 0 bridgehead atoms. The number of hydrogen-bond acceptors (Lipinski definition) is 9. The SMILES string of the molecule is CCCCCCCCCCCOC(=O)CCCCCN(CCO)CCCOC(COC(=O)CCCCCCC)COC(=O)CCCCCCC. The average molecular weight is 714 g/mol. The van der Waals surface area contributed by atoms with Gasteiger partial charge in [0.05, 0.1) is 13.2 Å². The van der Waals surface area contributed by atoms with Gasteiger partial charge in [-0.1, -0.05) is 130 Å². The monoisotopic (exact) mass is 714 g/mol. The van der Waals surface area contributed by atoms with Gasteiger partial charge in [-0.25, -0.2) is 0 Å². The van der Waals surface area contributed by atoms with Gasteiger partial charge in [-0.15, -0.1) is 0 Å². The lowest BCUT2D eigenvalue weighted by molar-refractivity contribution is -0.155. The van der Waals surface area contributed by atoms with Gasteiger partial charge in [0, 0.05) is 39.0 Å². The fraction of sp³-hybridized carbons (Fsp3) is 0.927. The number of carbonyl (C=O) groups excluding carboxylic acids is 3. The summed E-state index contributed by atoms with van der Waals surface area (Å²) in [5, 5.41) is 9.57. The van der Waals surface area contributed by atoms with Crippen LogP contribution in [0.15, 0.2) is 0 Å². The number of nitrogens with zero attached hydrogens (tertiary/aromatic N) is 1. The third kappa shape index (κ3) is 34.7. The lowest BCUT2D eigenvalue weighted by atomic mass is 10.1. The summed E-state index contributed by atoms with van der Waals surface area (Å²) in [5.41, 5.74) is 0. The molecule has 0 saturated carbocycles. The molecule has 9 heteroatoms. The highest BCUT2D eigenvalue weighted by molar-refractivity contribution is 5.70. The molecule has 0 spiro atoms. The van der Waals surface area contributed by atoms with Crippen LogP contribution in [0.2, 0.25) is 0 Å². The van der Waals surface area contributed by atoms with E-state index in [-0.39, 0.29) is 37.7 Å². The van der Waals surface area contributed by atoms with Crippen LogP contribution in [-0.2, 0) is 33.3 Å². The van der Waals surface area contributed by atoms with Crippen LogP contribution in [0.5, 0.6) is 0 Å². The van der Waals surface area contributed by atoms with E-state index in [0.29, 0.717) is 39.0 Å². The van der Waals surface area contributed by atoms with E-state index in [1.165, 1.54) is 57.8 Å². The Morgan fingerprint density at radius 2 is 0.860 bits per heavy atom. The molecule has 0 aliphatic carbocycles. The van der Waals surface area contributed by atoms with Crippen molar-refractivity contribution >= 4 is 17.9 Å². The quantitative estimate of drug-likeness (QED) is 0.0378. The van der Waals surface area contributed by atoms with Crippen molar-refractivity contribution in [3.05, 3.63) is 0 Å². The van der Waals surface area contributed by atoms with Crippen molar-refractivity contribution in [3.63, 3.8) is 0 Å². The van der Waals surface area contributed by atoms with E-state index in [1.54, 1.807) is 0 Å². The molecule has 0 aromatic heterocycles. The summed E-state index contributed by atoms with van der Waals surface area (Å²) in [6.45, 7) is 9.93. The number of unbranched alkanes of at least 4 members (excludes halogenated alkanes) is 18. The fourth-order valence-electron chi connectivity index (χ4n) is 5.87. The predicted molar refractivity (Wildman–Crippen MR) is 203 cm³/mol. The molecule has 0 aromatic carbocycles. The van der Waals surface area contributed by atoms with Crippen molar-refractivity contribution in [2.75, 3.05) is 52.7 Å². The van der Waals surface area contributed by atoms with Crippen molar-refractivity contribution in [2.45, 2.75) is 194 Å². The van der Waals surface area contributed by atoms with Gasteiger partial charge in [0.1, 0.15) is 19.3 Å². The number of aliphatic hydroxyl groups excluding tert-OH is 1. The maximum atomic E-state index is 12.3. The lowest BCUT2D eigenvalue weighted by Crippen LogP contribution is -2.32. The smallest absolute Gasteiger partial charge is 0.305 e. The molecule has 0 radical (unpaired) electrons. The van der Waals surface area contributed by atoms with Gasteiger partial charge in [0.15, 0.2) is 0 Å². The molecule has 0 aliphatic rings. The minimum Gasteiger partial charge on any atom is -0.466 e. The first-order valence-corrected chi connectivity index (χ1v) is 20.9. The molecule has 0 unspecified atom stereocenters. The molecule has 1 N–H and O–H groups in total. The van der Waals surface area contributed by atoms with Gasteiger partial charge >= 0.3 is 17.9 Å². The van der Waals surface area contributed by atoms with Crippen LogP contribution in [0.3, 0.4) is 0 Å². The number of hydrogen-bond donors (Lipinski definition) is 1. The third-order valence-corrected chi connectivity index (χ3v) is 9.08. The van der Waals surface area contributed by atoms with E-state index in [2.05, 4.69) is 25.7 Å². The Kier molecular flexibility index (Phi) is 37.2. The highest BCUT2D eigenvalue weighted by atomic mass is 16.6. The summed E-state index contributed by atoms with van der Waals surface area (Å²) in [6.07, 6.45) is 26.0. The molecule has 0 amide bonds. The first-order chi connectivity index (χ1) is 24.5. The van der Waals surface area contributed by atoms with E-state index in [9.17, 15) is 19.5 Å². The largest absolute Gasteiger partial charge is 0.466 e. The van der Waals surface area contributed by atoms with E-state index in [0.717, 1.165) is 103 Å². The predicted octanol–water partition coefficient (Wildman–Crippen LogP) is 9.50. The summed E-state index contributed by atoms with van der Waals surface area (Å²) < 4.78 is 22.5. The Morgan fingerprint density at radius 3 is 1.34 bits per heavy atom. The standard InChI is InChI=1S/C41H79NO8/c1-4-7-10-13-14-15-16-19-25-34-48-39(44)27-23-20-24-30-42(32-33-43)31-26-35-47-38(36-49-40(45)28-21-17-11-8-5-2)37-50-41(46)29-22-18-12-9-6-3/h38,43H,4-37H2,1-3H3. The van der Waals surface area contributed by atoms with Crippen LogP contribution in [0.4, 0.5) is 0 Å². The van der Waals surface area contributed by atoms with E-state index >= 15 is 0 Å². The first kappa shape index (κ1) is 48.3. The molecule has 0 aliphatic heterocycles. The summed E-state index contributed by atoms with van der Waals surface area (Å²) in [5.74, 6) is -0.573. The topological polar surface area (TPSA) is 112 Å². The van der Waals surface area contributed by atoms with Gasteiger partial charge in [-0.3, -0.25) is 14.4 Å². The zero-order valence-corrected chi connectivity index (χ0v) is 32.9. The normalized spacial score (nSPS) is 11.4.